The molecule has 0 aliphatic carbocycles. The molecule has 0 bridgehead atoms. The maximum atomic E-state index is 12.5. The zero-order valence-corrected chi connectivity index (χ0v) is 15.1. The molecular weight excluding hydrogens is 344 g/mol. The zero-order chi connectivity index (χ0) is 19.2. The van der Waals surface area contributed by atoms with E-state index in [-0.39, 0.29) is 18.2 Å². The number of phenols is 1. The molecule has 1 aromatic heterocycles. The van der Waals surface area contributed by atoms with Crippen LogP contribution in [0.5, 0.6) is 23.1 Å². The Bertz CT molecular complexity index is 956. The third-order valence-electron chi connectivity index (χ3n) is 4.11. The molecular formula is C21H20N2O4. The molecule has 1 heterocycles. The van der Waals surface area contributed by atoms with E-state index in [1.807, 2.05) is 18.2 Å². The summed E-state index contributed by atoms with van der Waals surface area (Å²) < 4.78 is 11.2. The number of nitrogens with zero attached hydrogens (tertiary/aromatic N) is 1. The fraction of sp³-hybridized carbons (Fsp3) is 0.143. The Morgan fingerprint density at radius 2 is 1.85 bits per heavy atom. The van der Waals surface area contributed by atoms with Crippen molar-refractivity contribution < 1.29 is 19.4 Å². The quantitative estimate of drug-likeness (QED) is 0.695. The van der Waals surface area contributed by atoms with Crippen molar-refractivity contribution in [2.45, 2.75) is 13.5 Å². The summed E-state index contributed by atoms with van der Waals surface area (Å²) in [6.07, 6.45) is 1.62. The third-order valence-corrected chi connectivity index (χ3v) is 4.11. The number of benzene rings is 2. The lowest BCUT2D eigenvalue weighted by molar-refractivity contribution is 0.0949. The number of ether oxygens (including phenoxy) is 2. The average molecular weight is 364 g/mol. The predicted octanol–water partition coefficient (Wildman–Crippen LogP) is 3.83. The van der Waals surface area contributed by atoms with Crippen LogP contribution in [0.3, 0.4) is 0 Å². The van der Waals surface area contributed by atoms with Gasteiger partial charge in [0.25, 0.3) is 5.91 Å². The molecule has 0 atom stereocenters. The van der Waals surface area contributed by atoms with E-state index in [1.165, 1.54) is 0 Å². The van der Waals surface area contributed by atoms with Crippen LogP contribution in [-0.2, 0) is 6.54 Å². The van der Waals surface area contributed by atoms with Gasteiger partial charge in [-0.1, -0.05) is 24.3 Å². The van der Waals surface area contributed by atoms with E-state index in [9.17, 15) is 9.90 Å². The molecule has 1 amide bonds. The number of nitrogens with one attached hydrogen (secondary N) is 1. The van der Waals surface area contributed by atoms with Crippen molar-refractivity contribution >= 4 is 5.91 Å². The molecule has 138 valence electrons. The summed E-state index contributed by atoms with van der Waals surface area (Å²) in [6, 6.07) is 15.7. The molecule has 0 saturated heterocycles. The van der Waals surface area contributed by atoms with Crippen LogP contribution in [-0.4, -0.2) is 23.1 Å². The lowest BCUT2D eigenvalue weighted by Gasteiger charge is -2.13. The van der Waals surface area contributed by atoms with Crippen LogP contribution < -0.4 is 14.8 Å². The smallest absolute Gasteiger partial charge is 0.251 e. The maximum absolute atomic E-state index is 12.5. The Balaban J connectivity index is 1.76. The number of pyridine rings is 1. The van der Waals surface area contributed by atoms with Gasteiger partial charge in [0.05, 0.1) is 7.11 Å². The summed E-state index contributed by atoms with van der Waals surface area (Å²) >= 11 is 0. The molecule has 2 N–H and O–H groups in total. The minimum Gasteiger partial charge on any atom is -0.508 e. The van der Waals surface area contributed by atoms with E-state index in [1.54, 1.807) is 56.6 Å². The Labute approximate surface area is 157 Å². The van der Waals surface area contributed by atoms with E-state index < -0.39 is 0 Å². The minimum atomic E-state index is -0.282. The lowest BCUT2D eigenvalue weighted by atomic mass is 10.1. The minimum absolute atomic E-state index is 0.0872. The van der Waals surface area contributed by atoms with E-state index in [2.05, 4.69) is 10.3 Å². The average Bonchev–Trinajstić information content (AvgIpc) is 2.69. The van der Waals surface area contributed by atoms with Crippen LogP contribution in [0, 0.1) is 6.92 Å². The number of amides is 1. The summed E-state index contributed by atoms with van der Waals surface area (Å²) in [6.45, 7) is 1.93. The number of carbonyl (C=O) groups is 1. The Morgan fingerprint density at radius 3 is 2.63 bits per heavy atom. The van der Waals surface area contributed by atoms with Gasteiger partial charge >= 0.3 is 0 Å². The SMILES string of the molecule is COc1ccccc1Oc1ncccc1CNC(=O)c1cccc(O)c1C. The van der Waals surface area contributed by atoms with Crippen molar-refractivity contribution in [3.05, 3.63) is 77.5 Å². The van der Waals surface area contributed by atoms with Crippen molar-refractivity contribution in [3.8, 4) is 23.1 Å². The first kappa shape index (κ1) is 18.3. The number of carbonyl (C=O) groups excluding carboxylic acids is 1. The first-order chi connectivity index (χ1) is 13.1. The Kier molecular flexibility index (Phi) is 5.56. The van der Waals surface area contributed by atoms with Crippen LogP contribution in [0.15, 0.2) is 60.8 Å². The van der Waals surface area contributed by atoms with Gasteiger partial charge in [-0.05, 0) is 37.3 Å². The number of phenolic OH excluding ortho intramolecular Hbond substituents is 1. The molecule has 0 radical (unpaired) electrons. The van der Waals surface area contributed by atoms with Gasteiger partial charge in [-0.15, -0.1) is 0 Å². The van der Waals surface area contributed by atoms with Gasteiger partial charge in [-0.3, -0.25) is 4.79 Å². The van der Waals surface area contributed by atoms with Crippen LogP contribution in [0.25, 0.3) is 0 Å². The summed E-state index contributed by atoms with van der Waals surface area (Å²) in [5, 5.41) is 12.6. The summed E-state index contributed by atoms with van der Waals surface area (Å²) in [5.41, 5.74) is 1.67. The van der Waals surface area contributed by atoms with E-state index >= 15 is 0 Å². The summed E-state index contributed by atoms with van der Waals surface area (Å²) in [7, 11) is 1.57. The second kappa shape index (κ2) is 8.23. The normalized spacial score (nSPS) is 10.3. The maximum Gasteiger partial charge on any atom is 0.251 e. The molecule has 27 heavy (non-hydrogen) atoms. The number of aromatic hydroxyl groups is 1. The number of hydrogen-bond acceptors (Lipinski definition) is 5. The molecule has 0 saturated carbocycles. The first-order valence-electron chi connectivity index (χ1n) is 8.41. The second-order valence-corrected chi connectivity index (χ2v) is 5.85. The fourth-order valence-corrected chi connectivity index (χ4v) is 2.60. The first-order valence-corrected chi connectivity index (χ1v) is 8.41. The molecule has 0 aliphatic rings. The molecule has 3 rings (SSSR count). The van der Waals surface area contributed by atoms with Crippen molar-refractivity contribution in [1.29, 1.82) is 0 Å². The van der Waals surface area contributed by atoms with Gasteiger partial charge in [0.15, 0.2) is 11.5 Å². The number of para-hydroxylation sites is 2. The van der Waals surface area contributed by atoms with Crippen molar-refractivity contribution in [2.75, 3.05) is 7.11 Å². The summed E-state index contributed by atoms with van der Waals surface area (Å²) in [4.78, 5) is 16.7. The van der Waals surface area contributed by atoms with Gasteiger partial charge < -0.3 is 19.9 Å². The number of aromatic nitrogens is 1. The van der Waals surface area contributed by atoms with Gasteiger partial charge in [-0.2, -0.15) is 0 Å². The predicted molar refractivity (Wildman–Crippen MR) is 101 cm³/mol. The third kappa shape index (κ3) is 4.17. The van der Waals surface area contributed by atoms with Crippen LogP contribution in [0.4, 0.5) is 0 Å². The highest BCUT2D eigenvalue weighted by molar-refractivity contribution is 5.96. The second-order valence-electron chi connectivity index (χ2n) is 5.85. The van der Waals surface area contributed by atoms with Crippen molar-refractivity contribution in [1.82, 2.24) is 10.3 Å². The van der Waals surface area contributed by atoms with Gasteiger partial charge in [0.1, 0.15) is 5.75 Å². The molecule has 6 nitrogen and oxygen atoms in total. The van der Waals surface area contributed by atoms with Crippen LogP contribution in [0.1, 0.15) is 21.5 Å². The molecule has 6 heteroatoms. The van der Waals surface area contributed by atoms with Crippen molar-refractivity contribution in [3.63, 3.8) is 0 Å². The zero-order valence-electron chi connectivity index (χ0n) is 15.1. The molecule has 0 fully saturated rings. The number of rotatable bonds is 6. The monoisotopic (exact) mass is 364 g/mol. The van der Waals surface area contributed by atoms with Gasteiger partial charge in [0, 0.05) is 29.4 Å². The largest absolute Gasteiger partial charge is 0.508 e. The fourth-order valence-electron chi connectivity index (χ4n) is 2.60. The molecule has 3 aromatic rings. The molecule has 0 unspecified atom stereocenters. The van der Waals surface area contributed by atoms with Gasteiger partial charge in [0.2, 0.25) is 5.88 Å². The number of hydrogen-bond donors (Lipinski definition) is 2. The van der Waals surface area contributed by atoms with Crippen molar-refractivity contribution in [2.24, 2.45) is 0 Å². The standard InChI is InChI=1S/C21H20N2O4/c1-14-16(8-5-9-17(14)24)20(25)23-13-15-7-6-12-22-21(15)27-19-11-4-3-10-18(19)26-2/h3-12,24H,13H2,1-2H3,(H,23,25). The molecule has 0 spiro atoms. The van der Waals surface area contributed by atoms with Crippen LogP contribution in [0.2, 0.25) is 0 Å². The van der Waals surface area contributed by atoms with E-state index in [0.717, 1.165) is 5.56 Å². The van der Waals surface area contributed by atoms with E-state index in [0.29, 0.717) is 28.5 Å². The topological polar surface area (TPSA) is 80.7 Å². The highest BCUT2D eigenvalue weighted by atomic mass is 16.5. The Morgan fingerprint density at radius 1 is 1.07 bits per heavy atom. The van der Waals surface area contributed by atoms with Gasteiger partial charge in [-0.25, -0.2) is 4.98 Å². The lowest BCUT2D eigenvalue weighted by Crippen LogP contribution is -2.24. The van der Waals surface area contributed by atoms with E-state index in [4.69, 9.17) is 9.47 Å². The highest BCUT2D eigenvalue weighted by Gasteiger charge is 2.14. The number of methoxy groups -OCH3 is 1. The molecule has 2 aromatic carbocycles. The summed E-state index contributed by atoms with van der Waals surface area (Å²) in [5.74, 6) is 1.32. The Hall–Kier alpha value is -3.54. The van der Waals surface area contributed by atoms with Crippen LogP contribution >= 0.6 is 0 Å². The molecule has 0 aliphatic heterocycles. The highest BCUT2D eigenvalue weighted by Crippen LogP contribution is 2.31.